The van der Waals surface area contributed by atoms with Crippen molar-refractivity contribution < 1.29 is 0 Å². The molecule has 1 heterocycles. The molecule has 0 aromatic carbocycles. The van der Waals surface area contributed by atoms with Crippen LogP contribution in [-0.4, -0.2) is 9.97 Å². The Balaban J connectivity index is 2.72. The molecule has 0 radical (unpaired) electrons. The van der Waals surface area contributed by atoms with Gasteiger partial charge < -0.3 is 4.98 Å². The molecule has 3 heteroatoms. The molecule has 0 saturated carbocycles. The third kappa shape index (κ3) is 1.57. The SMILES string of the molecule is C=CCc1nc(Cl)c[nH]1. The molecule has 0 spiro atoms. The molecule has 48 valence electrons. The van der Waals surface area contributed by atoms with Crippen LogP contribution in [0, 0.1) is 0 Å². The predicted octanol–water partition coefficient (Wildman–Crippen LogP) is 1.79. The van der Waals surface area contributed by atoms with E-state index in [-0.39, 0.29) is 0 Å². The lowest BCUT2D eigenvalue weighted by atomic mass is 10.4. The Labute approximate surface area is 58.6 Å². The van der Waals surface area contributed by atoms with Crippen molar-refractivity contribution in [2.24, 2.45) is 0 Å². The van der Waals surface area contributed by atoms with Gasteiger partial charge in [-0.15, -0.1) is 6.58 Å². The number of allylic oxidation sites excluding steroid dienone is 1. The van der Waals surface area contributed by atoms with Gasteiger partial charge in [-0.3, -0.25) is 0 Å². The summed E-state index contributed by atoms with van der Waals surface area (Å²) in [5, 5.41) is 0.506. The second kappa shape index (κ2) is 2.69. The highest BCUT2D eigenvalue weighted by molar-refractivity contribution is 6.29. The first-order valence-electron chi connectivity index (χ1n) is 2.63. The molecule has 2 nitrogen and oxygen atoms in total. The van der Waals surface area contributed by atoms with Crippen molar-refractivity contribution in [2.45, 2.75) is 6.42 Å². The summed E-state index contributed by atoms with van der Waals surface area (Å²) in [4.78, 5) is 6.83. The molecule has 1 rings (SSSR count). The van der Waals surface area contributed by atoms with Crippen molar-refractivity contribution in [1.29, 1.82) is 0 Å². The Morgan fingerprint density at radius 1 is 1.89 bits per heavy atom. The molecule has 0 saturated heterocycles. The zero-order valence-corrected chi connectivity index (χ0v) is 5.65. The van der Waals surface area contributed by atoms with E-state index in [2.05, 4.69) is 16.5 Å². The Kier molecular flexibility index (Phi) is 1.90. The van der Waals surface area contributed by atoms with E-state index in [9.17, 15) is 0 Å². The van der Waals surface area contributed by atoms with Gasteiger partial charge >= 0.3 is 0 Å². The molecule has 9 heavy (non-hydrogen) atoms. The summed E-state index contributed by atoms with van der Waals surface area (Å²) in [7, 11) is 0. The Bertz CT molecular complexity index is 205. The zero-order chi connectivity index (χ0) is 6.69. The van der Waals surface area contributed by atoms with Crippen molar-refractivity contribution >= 4 is 11.6 Å². The number of aromatic amines is 1. The number of hydrogen-bond acceptors (Lipinski definition) is 1. The van der Waals surface area contributed by atoms with Gasteiger partial charge in [0.25, 0.3) is 0 Å². The van der Waals surface area contributed by atoms with Crippen LogP contribution in [0.1, 0.15) is 5.82 Å². The van der Waals surface area contributed by atoms with Gasteiger partial charge in [0, 0.05) is 12.6 Å². The van der Waals surface area contributed by atoms with E-state index in [0.29, 0.717) is 5.15 Å². The number of halogens is 1. The van der Waals surface area contributed by atoms with Gasteiger partial charge in [0.1, 0.15) is 11.0 Å². The molecule has 1 N–H and O–H groups in total. The molecule has 1 aromatic rings. The number of imidazole rings is 1. The quantitative estimate of drug-likeness (QED) is 0.627. The van der Waals surface area contributed by atoms with Crippen LogP contribution in [0.2, 0.25) is 5.15 Å². The first-order chi connectivity index (χ1) is 4.33. The van der Waals surface area contributed by atoms with Crippen LogP contribution in [0.15, 0.2) is 18.9 Å². The molecule has 0 unspecified atom stereocenters. The lowest BCUT2D eigenvalue weighted by Gasteiger charge is -1.82. The van der Waals surface area contributed by atoms with Crippen LogP contribution < -0.4 is 0 Å². The summed E-state index contributed by atoms with van der Waals surface area (Å²) in [6.45, 7) is 3.56. The van der Waals surface area contributed by atoms with Gasteiger partial charge in [0.05, 0.1) is 0 Å². The Hall–Kier alpha value is -0.760. The van der Waals surface area contributed by atoms with Gasteiger partial charge in [0.2, 0.25) is 0 Å². The smallest absolute Gasteiger partial charge is 0.147 e. The lowest BCUT2D eigenvalue weighted by molar-refractivity contribution is 1.06. The third-order valence-corrected chi connectivity index (χ3v) is 1.13. The average molecular weight is 143 g/mol. The Morgan fingerprint density at radius 3 is 3.11 bits per heavy atom. The average Bonchev–Trinajstić information content (AvgIpc) is 2.17. The lowest BCUT2D eigenvalue weighted by Crippen LogP contribution is -1.81. The van der Waals surface area contributed by atoms with Crippen LogP contribution in [0.4, 0.5) is 0 Å². The first-order valence-corrected chi connectivity index (χ1v) is 3.01. The van der Waals surface area contributed by atoms with Crippen LogP contribution >= 0.6 is 11.6 Å². The largest absolute Gasteiger partial charge is 0.347 e. The first kappa shape index (κ1) is 6.36. The summed E-state index contributed by atoms with van der Waals surface area (Å²) >= 11 is 5.52. The molecule has 0 aliphatic heterocycles. The van der Waals surface area contributed by atoms with Crippen LogP contribution in [0.5, 0.6) is 0 Å². The molecule has 0 amide bonds. The van der Waals surface area contributed by atoms with Crippen LogP contribution in [0.25, 0.3) is 0 Å². The van der Waals surface area contributed by atoms with Gasteiger partial charge in [-0.2, -0.15) is 0 Å². The zero-order valence-electron chi connectivity index (χ0n) is 4.89. The minimum atomic E-state index is 0.506. The number of nitrogens with one attached hydrogen (secondary N) is 1. The second-order valence-electron chi connectivity index (χ2n) is 1.66. The maximum absolute atomic E-state index is 5.52. The fourth-order valence-electron chi connectivity index (χ4n) is 0.578. The van der Waals surface area contributed by atoms with E-state index in [1.807, 2.05) is 0 Å². The fraction of sp³-hybridized carbons (Fsp3) is 0.167. The molecule has 0 aliphatic rings. The number of nitrogens with zero attached hydrogens (tertiary/aromatic N) is 1. The number of hydrogen-bond donors (Lipinski definition) is 1. The maximum Gasteiger partial charge on any atom is 0.147 e. The summed E-state index contributed by atoms with van der Waals surface area (Å²) in [6, 6.07) is 0. The standard InChI is InChI=1S/C6H7ClN2/c1-2-3-6-8-4-5(7)9-6/h2,4H,1,3H2,(H,8,9). The highest BCUT2D eigenvalue weighted by atomic mass is 35.5. The van der Waals surface area contributed by atoms with E-state index in [1.165, 1.54) is 0 Å². The molecule has 0 aliphatic carbocycles. The van der Waals surface area contributed by atoms with Gasteiger partial charge in [-0.1, -0.05) is 17.7 Å². The van der Waals surface area contributed by atoms with E-state index in [1.54, 1.807) is 12.3 Å². The number of H-pyrrole nitrogens is 1. The summed E-state index contributed by atoms with van der Waals surface area (Å²) in [5.41, 5.74) is 0. The van der Waals surface area contributed by atoms with E-state index in [4.69, 9.17) is 11.6 Å². The second-order valence-corrected chi connectivity index (χ2v) is 2.05. The summed E-state index contributed by atoms with van der Waals surface area (Å²) < 4.78 is 0. The van der Waals surface area contributed by atoms with Gasteiger partial charge in [-0.25, -0.2) is 4.98 Å². The van der Waals surface area contributed by atoms with Crippen molar-refractivity contribution in [3.63, 3.8) is 0 Å². The molecule has 0 bridgehead atoms. The van der Waals surface area contributed by atoms with Gasteiger partial charge in [0.15, 0.2) is 0 Å². The minimum absolute atomic E-state index is 0.506. The van der Waals surface area contributed by atoms with E-state index < -0.39 is 0 Å². The third-order valence-electron chi connectivity index (χ3n) is 0.937. The minimum Gasteiger partial charge on any atom is -0.347 e. The van der Waals surface area contributed by atoms with Crippen LogP contribution in [-0.2, 0) is 6.42 Å². The topological polar surface area (TPSA) is 28.7 Å². The predicted molar refractivity (Wildman–Crippen MR) is 37.5 cm³/mol. The molecule has 0 atom stereocenters. The van der Waals surface area contributed by atoms with E-state index >= 15 is 0 Å². The van der Waals surface area contributed by atoms with Crippen molar-refractivity contribution in [3.8, 4) is 0 Å². The Morgan fingerprint density at radius 2 is 2.67 bits per heavy atom. The molecule has 0 fully saturated rings. The maximum atomic E-state index is 5.52. The molecule has 1 aromatic heterocycles. The summed E-state index contributed by atoms with van der Waals surface area (Å²) in [6.07, 6.45) is 4.17. The molecular formula is C6H7ClN2. The van der Waals surface area contributed by atoms with Crippen molar-refractivity contribution in [1.82, 2.24) is 9.97 Å². The highest BCUT2D eigenvalue weighted by Crippen LogP contribution is 2.03. The normalized spacial score (nSPS) is 9.44. The highest BCUT2D eigenvalue weighted by Gasteiger charge is 1.93. The van der Waals surface area contributed by atoms with Crippen LogP contribution in [0.3, 0.4) is 0 Å². The molecular weight excluding hydrogens is 136 g/mol. The van der Waals surface area contributed by atoms with Gasteiger partial charge in [-0.05, 0) is 0 Å². The van der Waals surface area contributed by atoms with E-state index in [0.717, 1.165) is 12.2 Å². The van der Waals surface area contributed by atoms with Crippen molar-refractivity contribution in [3.05, 3.63) is 29.8 Å². The number of rotatable bonds is 2. The monoisotopic (exact) mass is 142 g/mol. The number of aromatic nitrogens is 2. The summed E-state index contributed by atoms with van der Waals surface area (Å²) in [5.74, 6) is 0.856. The van der Waals surface area contributed by atoms with Crippen molar-refractivity contribution in [2.75, 3.05) is 0 Å². The fourth-order valence-corrected chi connectivity index (χ4v) is 0.734.